The molecule has 0 spiro atoms. The number of nitrogens with one attached hydrogen (secondary N) is 1. The normalized spacial score (nSPS) is 13.8. The van der Waals surface area contributed by atoms with Crippen LogP contribution in [-0.4, -0.2) is 18.2 Å². The third-order valence-electron chi connectivity index (χ3n) is 1.76. The molecule has 0 unspecified atom stereocenters. The van der Waals surface area contributed by atoms with E-state index in [0.29, 0.717) is 0 Å². The maximum Gasteiger partial charge on any atom is 0.407 e. The van der Waals surface area contributed by atoms with E-state index in [2.05, 4.69) is 10.3 Å². The molecule has 0 aliphatic carbocycles. The summed E-state index contributed by atoms with van der Waals surface area (Å²) in [7, 11) is 1.49. The summed E-state index contributed by atoms with van der Waals surface area (Å²) in [5, 5.41) is 2.56. The average molecular weight is 205 g/mol. The molecule has 0 saturated carbocycles. The van der Waals surface area contributed by atoms with Gasteiger partial charge in [-0.15, -0.1) is 0 Å². The smallest absolute Gasteiger partial charge is 0.373 e. The van der Waals surface area contributed by atoms with Gasteiger partial charge >= 0.3 is 6.18 Å². The quantitative estimate of drug-likeness (QED) is 0.772. The van der Waals surface area contributed by atoms with Crippen LogP contribution in [0.15, 0.2) is 18.3 Å². The van der Waals surface area contributed by atoms with Crippen LogP contribution in [-0.2, 0) is 0 Å². The molecule has 0 amide bonds. The number of nitrogens with zero attached hydrogens (tertiary/aromatic N) is 1. The van der Waals surface area contributed by atoms with Crippen LogP contribution in [0.5, 0.6) is 0 Å². The third kappa shape index (κ3) is 2.14. The highest BCUT2D eigenvalue weighted by atomic mass is 19.4. The molecular weight excluding hydrogens is 195 g/mol. The van der Waals surface area contributed by atoms with E-state index in [1.807, 2.05) is 0 Å². The summed E-state index contributed by atoms with van der Waals surface area (Å²) < 4.78 is 36.8. The fourth-order valence-electron chi connectivity index (χ4n) is 1.05. The highest BCUT2D eigenvalue weighted by molar-refractivity contribution is 5.45. The van der Waals surface area contributed by atoms with Crippen LogP contribution in [0.3, 0.4) is 0 Å². The summed E-state index contributed by atoms with van der Waals surface area (Å²) in [4.78, 5) is 3.74. The maximum absolute atomic E-state index is 12.3. The Morgan fingerprint density at radius 2 is 2.14 bits per heavy atom. The summed E-state index contributed by atoms with van der Waals surface area (Å²) in [6.07, 6.45) is -3.05. The molecular formula is C8H10F3N3. The molecule has 1 aromatic heterocycles. The van der Waals surface area contributed by atoms with Crippen LogP contribution in [0.4, 0.5) is 19.0 Å². The van der Waals surface area contributed by atoms with Gasteiger partial charge in [-0.1, -0.05) is 6.07 Å². The van der Waals surface area contributed by atoms with Crippen molar-refractivity contribution in [3.63, 3.8) is 0 Å². The van der Waals surface area contributed by atoms with Crippen LogP contribution in [0.1, 0.15) is 11.6 Å². The largest absolute Gasteiger partial charge is 0.407 e. The third-order valence-corrected chi connectivity index (χ3v) is 1.76. The lowest BCUT2D eigenvalue weighted by Crippen LogP contribution is -2.29. The van der Waals surface area contributed by atoms with Crippen molar-refractivity contribution in [2.24, 2.45) is 5.73 Å². The number of nitrogens with two attached hydrogens (primary N) is 1. The summed E-state index contributed by atoms with van der Waals surface area (Å²) in [5.41, 5.74) is 4.99. The first kappa shape index (κ1) is 10.8. The van der Waals surface area contributed by atoms with E-state index < -0.39 is 12.2 Å². The van der Waals surface area contributed by atoms with Gasteiger partial charge in [-0.25, -0.2) is 4.98 Å². The van der Waals surface area contributed by atoms with Gasteiger partial charge in [0.2, 0.25) is 0 Å². The molecule has 0 saturated heterocycles. The van der Waals surface area contributed by atoms with Crippen molar-refractivity contribution in [3.8, 4) is 0 Å². The van der Waals surface area contributed by atoms with E-state index in [1.54, 1.807) is 0 Å². The zero-order chi connectivity index (χ0) is 10.8. The van der Waals surface area contributed by atoms with Gasteiger partial charge in [-0.05, 0) is 6.07 Å². The van der Waals surface area contributed by atoms with E-state index in [-0.39, 0.29) is 11.4 Å². The Balaban J connectivity index is 3.06. The fourth-order valence-corrected chi connectivity index (χ4v) is 1.05. The highest BCUT2D eigenvalue weighted by Gasteiger charge is 2.39. The Hall–Kier alpha value is -1.30. The molecule has 0 aliphatic rings. The Labute approximate surface area is 79.1 Å². The molecule has 0 fully saturated rings. The van der Waals surface area contributed by atoms with E-state index >= 15 is 0 Å². The Bertz CT molecular complexity index is 311. The Morgan fingerprint density at radius 3 is 2.64 bits per heavy atom. The minimum absolute atomic E-state index is 0.0532. The molecule has 1 aromatic rings. The second-order valence-electron chi connectivity index (χ2n) is 2.71. The van der Waals surface area contributed by atoms with Crippen molar-refractivity contribution in [1.29, 1.82) is 0 Å². The van der Waals surface area contributed by atoms with E-state index in [9.17, 15) is 13.2 Å². The molecule has 0 bridgehead atoms. The second-order valence-corrected chi connectivity index (χ2v) is 2.71. The van der Waals surface area contributed by atoms with E-state index in [1.165, 1.54) is 25.4 Å². The number of rotatable bonds is 2. The summed E-state index contributed by atoms with van der Waals surface area (Å²) in [6, 6.07) is 0.720. The zero-order valence-corrected chi connectivity index (χ0v) is 7.47. The Kier molecular flexibility index (Phi) is 2.95. The molecule has 0 aromatic carbocycles. The monoisotopic (exact) mass is 205 g/mol. The first-order chi connectivity index (χ1) is 6.46. The first-order valence-electron chi connectivity index (χ1n) is 3.91. The van der Waals surface area contributed by atoms with Gasteiger partial charge in [0.1, 0.15) is 11.9 Å². The predicted molar refractivity (Wildman–Crippen MR) is 46.8 cm³/mol. The molecule has 3 nitrogen and oxygen atoms in total. The van der Waals surface area contributed by atoms with Crippen LogP contribution < -0.4 is 11.1 Å². The highest BCUT2D eigenvalue weighted by Crippen LogP contribution is 2.32. The van der Waals surface area contributed by atoms with Gasteiger partial charge < -0.3 is 11.1 Å². The first-order valence-corrected chi connectivity index (χ1v) is 3.91. The molecule has 0 radical (unpaired) electrons. The van der Waals surface area contributed by atoms with Gasteiger partial charge in [0.05, 0.1) is 0 Å². The standard InChI is InChI=1S/C8H10F3N3/c1-13-7-5(3-2-4-14-7)6(12)8(9,10)11/h2-4,6H,12H2,1H3,(H,13,14)/t6-/m1/s1. The maximum atomic E-state index is 12.3. The molecule has 78 valence electrons. The summed E-state index contributed by atoms with van der Waals surface area (Å²) >= 11 is 0. The van der Waals surface area contributed by atoms with E-state index in [4.69, 9.17) is 5.73 Å². The predicted octanol–water partition coefficient (Wildman–Crippen LogP) is 1.69. The number of anilines is 1. The van der Waals surface area contributed by atoms with Crippen molar-refractivity contribution < 1.29 is 13.2 Å². The van der Waals surface area contributed by atoms with Crippen LogP contribution in [0, 0.1) is 0 Å². The number of pyridine rings is 1. The van der Waals surface area contributed by atoms with Gasteiger partial charge in [-0.2, -0.15) is 13.2 Å². The van der Waals surface area contributed by atoms with Gasteiger partial charge in [0.25, 0.3) is 0 Å². The second kappa shape index (κ2) is 3.83. The van der Waals surface area contributed by atoms with Crippen molar-refractivity contribution in [2.75, 3.05) is 12.4 Å². The lowest BCUT2D eigenvalue weighted by atomic mass is 10.1. The molecule has 1 rings (SSSR count). The SMILES string of the molecule is CNc1ncccc1[C@@H](N)C(F)(F)F. The lowest BCUT2D eigenvalue weighted by molar-refractivity contribution is -0.149. The van der Waals surface area contributed by atoms with Crippen molar-refractivity contribution >= 4 is 5.82 Å². The van der Waals surface area contributed by atoms with Crippen LogP contribution in [0.25, 0.3) is 0 Å². The number of hydrogen-bond donors (Lipinski definition) is 2. The van der Waals surface area contributed by atoms with Gasteiger partial charge in [0.15, 0.2) is 0 Å². The van der Waals surface area contributed by atoms with E-state index in [0.717, 1.165) is 0 Å². The van der Waals surface area contributed by atoms with Crippen molar-refractivity contribution in [2.45, 2.75) is 12.2 Å². The topological polar surface area (TPSA) is 50.9 Å². The van der Waals surface area contributed by atoms with Gasteiger partial charge in [-0.3, -0.25) is 0 Å². The van der Waals surface area contributed by atoms with Gasteiger partial charge in [0, 0.05) is 18.8 Å². The number of hydrogen-bond acceptors (Lipinski definition) is 3. The minimum atomic E-state index is -4.45. The molecule has 14 heavy (non-hydrogen) atoms. The number of alkyl halides is 3. The molecule has 3 N–H and O–H groups in total. The minimum Gasteiger partial charge on any atom is -0.373 e. The summed E-state index contributed by atoms with van der Waals surface area (Å²) in [5.74, 6) is 0.150. The Morgan fingerprint density at radius 1 is 1.50 bits per heavy atom. The average Bonchev–Trinajstić information content (AvgIpc) is 2.15. The molecule has 0 aliphatic heterocycles. The van der Waals surface area contributed by atoms with Crippen LogP contribution in [0.2, 0.25) is 0 Å². The summed E-state index contributed by atoms with van der Waals surface area (Å²) in [6.45, 7) is 0. The molecule has 1 atom stereocenters. The van der Waals surface area contributed by atoms with Crippen molar-refractivity contribution in [1.82, 2.24) is 4.98 Å². The van der Waals surface area contributed by atoms with Crippen LogP contribution >= 0.6 is 0 Å². The fraction of sp³-hybridized carbons (Fsp3) is 0.375. The lowest BCUT2D eigenvalue weighted by Gasteiger charge is -2.17. The number of aromatic nitrogens is 1. The number of halogens is 3. The molecule has 1 heterocycles. The van der Waals surface area contributed by atoms with Crippen molar-refractivity contribution in [3.05, 3.63) is 23.9 Å². The zero-order valence-electron chi connectivity index (χ0n) is 7.47. The molecule has 6 heteroatoms.